The van der Waals surface area contributed by atoms with Crippen molar-refractivity contribution in [3.63, 3.8) is 0 Å². The van der Waals surface area contributed by atoms with Gasteiger partial charge in [-0.25, -0.2) is 9.89 Å². The Kier molecular flexibility index (Phi) is 6.58. The zero-order chi connectivity index (χ0) is 19.3. The molecule has 0 aliphatic heterocycles. The number of rotatable bonds is 7. The molecule has 26 heavy (non-hydrogen) atoms. The summed E-state index contributed by atoms with van der Waals surface area (Å²) in [5, 5.41) is 12.0. The molecule has 0 atom stereocenters. The fourth-order valence-electron chi connectivity index (χ4n) is 2.00. The van der Waals surface area contributed by atoms with Gasteiger partial charge in [0.1, 0.15) is 5.00 Å². The number of carbonyl (C=O) groups excluding carboxylic acids is 3. The average molecular weight is 398 g/mol. The average Bonchev–Trinajstić information content (AvgIpc) is 3.15. The van der Waals surface area contributed by atoms with Gasteiger partial charge in [0.2, 0.25) is 17.0 Å². The number of ether oxygens (including phenoxy) is 1. The minimum atomic E-state index is -0.596. The Bertz CT molecular complexity index is 832. The van der Waals surface area contributed by atoms with Crippen LogP contribution < -0.4 is 16.4 Å². The van der Waals surface area contributed by atoms with Crippen molar-refractivity contribution >= 4 is 51.8 Å². The number of aromatic amines is 1. The zero-order valence-electron chi connectivity index (χ0n) is 14.3. The monoisotopic (exact) mass is 398 g/mol. The van der Waals surface area contributed by atoms with Crippen LogP contribution in [0.2, 0.25) is 0 Å². The number of nitrogens with one attached hydrogen (secondary N) is 3. The molecule has 12 heteroatoms. The van der Waals surface area contributed by atoms with E-state index in [2.05, 4.69) is 25.8 Å². The van der Waals surface area contributed by atoms with Crippen LogP contribution in [-0.2, 0) is 9.53 Å². The van der Waals surface area contributed by atoms with E-state index in [1.165, 1.54) is 7.05 Å². The number of nitrogens with two attached hydrogens (primary N) is 1. The lowest BCUT2D eigenvalue weighted by Gasteiger charge is -2.06. The van der Waals surface area contributed by atoms with E-state index in [9.17, 15) is 14.4 Å². The Morgan fingerprint density at radius 2 is 2.12 bits per heavy atom. The molecule has 0 saturated carbocycles. The molecule has 0 fully saturated rings. The summed E-state index contributed by atoms with van der Waals surface area (Å²) in [5.41, 5.74) is 6.05. The number of hydrogen-bond donors (Lipinski definition) is 4. The molecule has 2 aromatic heterocycles. The van der Waals surface area contributed by atoms with E-state index in [1.54, 1.807) is 13.8 Å². The highest BCUT2D eigenvalue weighted by atomic mass is 32.2. The first kappa shape index (κ1) is 19.7. The lowest BCUT2D eigenvalue weighted by atomic mass is 10.1. The standard InChI is InChI=1S/C14H18N6O4S2/c1-4-24-12(23)8-6(2)9(10(22)16-3)26-11(8)17-7(21)5-25-14-18-13(15)19-20-14/h4-5H2,1-3H3,(H,16,22)(H,17,21)(H3,15,18,19,20). The lowest BCUT2D eigenvalue weighted by molar-refractivity contribution is -0.113. The molecule has 2 aromatic rings. The molecule has 5 N–H and O–H groups in total. The van der Waals surface area contributed by atoms with E-state index in [-0.39, 0.29) is 40.7 Å². The van der Waals surface area contributed by atoms with Gasteiger partial charge in [-0.2, -0.15) is 4.98 Å². The van der Waals surface area contributed by atoms with E-state index in [0.717, 1.165) is 23.1 Å². The Morgan fingerprint density at radius 1 is 1.38 bits per heavy atom. The molecule has 2 amide bonds. The molecular formula is C14H18N6O4S2. The molecule has 0 aliphatic carbocycles. The van der Waals surface area contributed by atoms with Crippen molar-refractivity contribution in [1.29, 1.82) is 0 Å². The SMILES string of the molecule is CCOC(=O)c1c(NC(=O)CSc2n[nH]c(N)n2)sc(C(=O)NC)c1C. The van der Waals surface area contributed by atoms with Gasteiger partial charge in [-0.15, -0.1) is 16.4 Å². The van der Waals surface area contributed by atoms with Gasteiger partial charge >= 0.3 is 5.97 Å². The van der Waals surface area contributed by atoms with Crippen LogP contribution in [0.25, 0.3) is 0 Å². The second-order valence-corrected chi connectivity index (χ2v) is 6.86. The second-order valence-electron chi connectivity index (χ2n) is 4.90. The number of thioether (sulfide) groups is 1. The van der Waals surface area contributed by atoms with Crippen molar-refractivity contribution in [3.8, 4) is 0 Å². The molecule has 140 valence electrons. The predicted molar refractivity (Wildman–Crippen MR) is 98.6 cm³/mol. The summed E-state index contributed by atoms with van der Waals surface area (Å²) in [7, 11) is 1.49. The lowest BCUT2D eigenvalue weighted by Crippen LogP contribution is -2.18. The number of aromatic nitrogens is 3. The molecule has 0 aliphatic rings. The maximum atomic E-state index is 12.2. The summed E-state index contributed by atoms with van der Waals surface area (Å²) in [6, 6.07) is 0. The van der Waals surface area contributed by atoms with Gasteiger partial charge in [0.25, 0.3) is 5.91 Å². The highest BCUT2D eigenvalue weighted by Crippen LogP contribution is 2.34. The number of H-pyrrole nitrogens is 1. The summed E-state index contributed by atoms with van der Waals surface area (Å²) in [6.07, 6.45) is 0. The van der Waals surface area contributed by atoms with Crippen molar-refractivity contribution in [3.05, 3.63) is 16.0 Å². The van der Waals surface area contributed by atoms with Crippen LogP contribution >= 0.6 is 23.1 Å². The molecule has 10 nitrogen and oxygen atoms in total. The fourth-order valence-corrected chi connectivity index (χ4v) is 3.76. The van der Waals surface area contributed by atoms with Gasteiger partial charge in [0.15, 0.2) is 0 Å². The third-order valence-corrected chi connectivity index (χ3v) is 5.18. The Morgan fingerprint density at radius 3 is 2.69 bits per heavy atom. The van der Waals surface area contributed by atoms with Crippen molar-refractivity contribution in [2.24, 2.45) is 0 Å². The number of esters is 1. The molecule has 0 bridgehead atoms. The first-order chi connectivity index (χ1) is 12.4. The number of nitrogens with zero attached hydrogens (tertiary/aromatic N) is 2. The van der Waals surface area contributed by atoms with Gasteiger partial charge in [0, 0.05) is 7.05 Å². The molecule has 0 saturated heterocycles. The molecular weight excluding hydrogens is 380 g/mol. The summed E-state index contributed by atoms with van der Waals surface area (Å²) in [4.78, 5) is 40.6. The maximum Gasteiger partial charge on any atom is 0.341 e. The fraction of sp³-hybridized carbons (Fsp3) is 0.357. The van der Waals surface area contributed by atoms with Crippen LogP contribution in [-0.4, -0.2) is 52.4 Å². The predicted octanol–water partition coefficient (Wildman–Crippen LogP) is 1.02. The molecule has 0 radical (unpaired) electrons. The van der Waals surface area contributed by atoms with Crippen LogP contribution in [0.4, 0.5) is 10.9 Å². The van der Waals surface area contributed by atoms with Crippen molar-refractivity contribution in [1.82, 2.24) is 20.5 Å². The normalized spacial score (nSPS) is 10.4. The summed E-state index contributed by atoms with van der Waals surface area (Å²) < 4.78 is 5.03. The van der Waals surface area contributed by atoms with Crippen LogP contribution in [0.15, 0.2) is 5.16 Å². The third-order valence-electron chi connectivity index (χ3n) is 3.13. The van der Waals surface area contributed by atoms with Gasteiger partial charge in [-0.1, -0.05) is 11.8 Å². The number of anilines is 2. The number of amides is 2. The van der Waals surface area contributed by atoms with Crippen LogP contribution in [0, 0.1) is 6.92 Å². The minimum absolute atomic E-state index is 0.00577. The van der Waals surface area contributed by atoms with E-state index < -0.39 is 5.97 Å². The highest BCUT2D eigenvalue weighted by molar-refractivity contribution is 7.99. The van der Waals surface area contributed by atoms with Gasteiger partial charge < -0.3 is 21.1 Å². The Balaban J connectivity index is 2.19. The quantitative estimate of drug-likeness (QED) is 0.398. The third kappa shape index (κ3) is 4.52. The van der Waals surface area contributed by atoms with Crippen molar-refractivity contribution in [2.75, 3.05) is 30.5 Å². The van der Waals surface area contributed by atoms with Crippen LogP contribution in [0.3, 0.4) is 0 Å². The van der Waals surface area contributed by atoms with Crippen molar-refractivity contribution in [2.45, 2.75) is 19.0 Å². The van der Waals surface area contributed by atoms with Crippen LogP contribution in [0.5, 0.6) is 0 Å². The molecule has 0 aromatic carbocycles. The Labute approximate surface area is 157 Å². The molecule has 0 unspecified atom stereocenters. The minimum Gasteiger partial charge on any atom is -0.462 e. The topological polar surface area (TPSA) is 152 Å². The molecule has 2 rings (SSSR count). The maximum absolute atomic E-state index is 12.2. The highest BCUT2D eigenvalue weighted by Gasteiger charge is 2.26. The van der Waals surface area contributed by atoms with Gasteiger partial charge in [0.05, 0.1) is 22.8 Å². The summed E-state index contributed by atoms with van der Waals surface area (Å²) >= 11 is 2.09. The van der Waals surface area contributed by atoms with Crippen LogP contribution in [0.1, 0.15) is 32.5 Å². The Hall–Kier alpha value is -2.60. The number of carbonyl (C=O) groups is 3. The second kappa shape index (κ2) is 8.67. The summed E-state index contributed by atoms with van der Waals surface area (Å²) in [6.45, 7) is 3.49. The molecule has 2 heterocycles. The van der Waals surface area contributed by atoms with E-state index in [1.807, 2.05) is 0 Å². The van der Waals surface area contributed by atoms with Crippen molar-refractivity contribution < 1.29 is 19.1 Å². The first-order valence-corrected chi connectivity index (χ1v) is 9.30. The summed E-state index contributed by atoms with van der Waals surface area (Å²) in [5.74, 6) is -1.16. The first-order valence-electron chi connectivity index (χ1n) is 7.50. The van der Waals surface area contributed by atoms with Gasteiger partial charge in [-0.05, 0) is 19.4 Å². The van der Waals surface area contributed by atoms with Gasteiger partial charge in [-0.3, -0.25) is 9.59 Å². The number of thiophene rings is 1. The van der Waals surface area contributed by atoms with E-state index in [0.29, 0.717) is 15.6 Å². The van der Waals surface area contributed by atoms with E-state index in [4.69, 9.17) is 10.5 Å². The smallest absolute Gasteiger partial charge is 0.341 e. The number of nitrogen functional groups attached to an aromatic ring is 1. The largest absolute Gasteiger partial charge is 0.462 e. The number of hydrogen-bond acceptors (Lipinski definition) is 9. The zero-order valence-corrected chi connectivity index (χ0v) is 16.0. The van der Waals surface area contributed by atoms with E-state index >= 15 is 0 Å². The molecule has 0 spiro atoms.